The molecule has 0 atom stereocenters. The minimum atomic E-state index is -3.71. The number of thiophene rings is 1. The molecular formula is C21H14ClN5O2S3. The molecule has 0 amide bonds. The highest BCUT2D eigenvalue weighted by molar-refractivity contribution is 7.93. The predicted octanol–water partition coefficient (Wildman–Crippen LogP) is 6.01. The lowest BCUT2D eigenvalue weighted by Gasteiger charge is -2.10. The quantitative estimate of drug-likeness (QED) is 0.297. The normalized spacial score (nSPS) is 11.5. The van der Waals surface area contributed by atoms with E-state index in [0.29, 0.717) is 21.7 Å². The number of halogens is 1. The molecule has 0 fully saturated rings. The van der Waals surface area contributed by atoms with Crippen LogP contribution in [0.4, 0.5) is 16.6 Å². The molecule has 0 bridgehead atoms. The highest BCUT2D eigenvalue weighted by Crippen LogP contribution is 2.37. The molecule has 11 heteroatoms. The topological polar surface area (TPSA) is 96.9 Å². The zero-order valence-corrected chi connectivity index (χ0v) is 19.4. The van der Waals surface area contributed by atoms with E-state index in [2.05, 4.69) is 25.0 Å². The van der Waals surface area contributed by atoms with Crippen molar-refractivity contribution < 1.29 is 8.42 Å². The van der Waals surface area contributed by atoms with Gasteiger partial charge in [0.05, 0.1) is 10.3 Å². The first kappa shape index (κ1) is 20.8. The molecule has 2 aromatic carbocycles. The van der Waals surface area contributed by atoms with Gasteiger partial charge in [0.1, 0.15) is 17.0 Å². The lowest BCUT2D eigenvalue weighted by Crippen LogP contribution is -2.12. The van der Waals surface area contributed by atoms with Gasteiger partial charge < -0.3 is 5.32 Å². The molecule has 3 heterocycles. The lowest BCUT2D eigenvalue weighted by molar-refractivity contribution is 0.601. The molecule has 0 spiro atoms. The Labute approximate surface area is 196 Å². The van der Waals surface area contributed by atoms with E-state index in [9.17, 15) is 8.42 Å². The van der Waals surface area contributed by atoms with Gasteiger partial charge in [-0.25, -0.2) is 23.4 Å². The zero-order valence-electron chi connectivity index (χ0n) is 16.2. The molecule has 3 aromatic heterocycles. The molecule has 160 valence electrons. The molecule has 0 aliphatic rings. The summed E-state index contributed by atoms with van der Waals surface area (Å²) < 4.78 is 27.5. The first-order chi connectivity index (χ1) is 15.5. The maximum absolute atomic E-state index is 12.5. The Morgan fingerprint density at radius 3 is 2.41 bits per heavy atom. The van der Waals surface area contributed by atoms with Gasteiger partial charge in [0.25, 0.3) is 10.0 Å². The number of rotatable bonds is 6. The largest absolute Gasteiger partial charge is 0.340 e. The maximum Gasteiger partial charge on any atom is 0.263 e. The van der Waals surface area contributed by atoms with E-state index in [0.717, 1.165) is 21.3 Å². The van der Waals surface area contributed by atoms with Gasteiger partial charge >= 0.3 is 0 Å². The third-order valence-corrected chi connectivity index (χ3v) is 7.92. The van der Waals surface area contributed by atoms with E-state index < -0.39 is 10.0 Å². The molecule has 0 radical (unpaired) electrons. The monoisotopic (exact) mass is 499 g/mol. The van der Waals surface area contributed by atoms with Crippen LogP contribution in [0.15, 0.2) is 76.7 Å². The number of aromatic nitrogens is 3. The third-order valence-electron chi connectivity index (χ3n) is 4.61. The van der Waals surface area contributed by atoms with Crippen LogP contribution >= 0.6 is 34.3 Å². The molecule has 0 aliphatic heterocycles. The van der Waals surface area contributed by atoms with Gasteiger partial charge in [0.2, 0.25) is 0 Å². The first-order valence-corrected chi connectivity index (χ1v) is 12.9. The molecule has 5 rings (SSSR count). The molecule has 0 aliphatic carbocycles. The third kappa shape index (κ3) is 4.17. The Bertz CT molecular complexity index is 1480. The van der Waals surface area contributed by atoms with Crippen molar-refractivity contribution >= 4 is 71.2 Å². The molecular weight excluding hydrogens is 486 g/mol. The number of nitrogens with one attached hydrogen (secondary N) is 2. The number of hydrogen-bond acceptors (Lipinski definition) is 8. The fraction of sp³-hybridized carbons (Fsp3) is 0. The van der Waals surface area contributed by atoms with Crippen LogP contribution in [0.2, 0.25) is 5.02 Å². The van der Waals surface area contributed by atoms with Gasteiger partial charge in [-0.15, -0.1) is 22.7 Å². The van der Waals surface area contributed by atoms with Crippen molar-refractivity contribution in [1.29, 1.82) is 0 Å². The van der Waals surface area contributed by atoms with Crippen LogP contribution in [0.3, 0.4) is 0 Å². The summed E-state index contributed by atoms with van der Waals surface area (Å²) in [5.41, 5.74) is 2.70. The number of thiazole rings is 1. The molecule has 5 aromatic rings. The zero-order chi connectivity index (χ0) is 22.1. The molecule has 7 nitrogen and oxygen atoms in total. The minimum Gasteiger partial charge on any atom is -0.340 e. The average Bonchev–Trinajstić information content (AvgIpc) is 3.45. The van der Waals surface area contributed by atoms with Crippen LogP contribution < -0.4 is 10.0 Å². The van der Waals surface area contributed by atoms with Gasteiger partial charge in [-0.05, 0) is 42.0 Å². The Morgan fingerprint density at radius 1 is 0.906 bits per heavy atom. The number of nitrogens with zero attached hydrogens (tertiary/aromatic N) is 3. The van der Waals surface area contributed by atoms with Crippen molar-refractivity contribution in [3.05, 3.63) is 76.8 Å². The Kier molecular flexibility index (Phi) is 5.51. The van der Waals surface area contributed by atoms with Gasteiger partial charge in [-0.3, -0.25) is 4.72 Å². The minimum absolute atomic E-state index is 0.142. The van der Waals surface area contributed by atoms with E-state index in [4.69, 9.17) is 11.6 Å². The van der Waals surface area contributed by atoms with E-state index in [1.807, 2.05) is 29.6 Å². The summed E-state index contributed by atoms with van der Waals surface area (Å²) in [7, 11) is -3.71. The standard InChI is InChI=1S/C21H14ClN5O2S3/c22-14-3-1-13(2-4-14)17-11-31-20-18(17)19(24-12-25-20)26-15-5-7-16(8-6-15)32(28,29)27-21-23-9-10-30-21/h1-12H,(H,23,27)(H,24,25,26). The number of anilines is 3. The Hall–Kier alpha value is -3.05. The lowest BCUT2D eigenvalue weighted by atomic mass is 10.1. The van der Waals surface area contributed by atoms with E-state index in [1.54, 1.807) is 23.7 Å². The van der Waals surface area contributed by atoms with Crippen LogP contribution in [0.25, 0.3) is 21.3 Å². The van der Waals surface area contributed by atoms with Gasteiger partial charge in [0, 0.05) is 33.2 Å². The molecule has 32 heavy (non-hydrogen) atoms. The van der Waals surface area contributed by atoms with Crippen LogP contribution in [0.1, 0.15) is 0 Å². The molecule has 0 unspecified atom stereocenters. The second kappa shape index (κ2) is 8.47. The Morgan fingerprint density at radius 2 is 1.69 bits per heavy atom. The number of hydrogen-bond donors (Lipinski definition) is 2. The summed E-state index contributed by atoms with van der Waals surface area (Å²) in [5.74, 6) is 0.637. The van der Waals surface area contributed by atoms with Crippen LogP contribution in [0.5, 0.6) is 0 Å². The Balaban J connectivity index is 1.45. The molecule has 0 saturated heterocycles. The predicted molar refractivity (Wildman–Crippen MR) is 131 cm³/mol. The first-order valence-electron chi connectivity index (χ1n) is 9.27. The van der Waals surface area contributed by atoms with Gasteiger partial charge in [0.15, 0.2) is 5.13 Å². The summed E-state index contributed by atoms with van der Waals surface area (Å²) in [6, 6.07) is 14.0. The van der Waals surface area contributed by atoms with Crippen molar-refractivity contribution in [2.75, 3.05) is 10.0 Å². The van der Waals surface area contributed by atoms with E-state index >= 15 is 0 Å². The van der Waals surface area contributed by atoms with Crippen LogP contribution in [-0.2, 0) is 10.0 Å². The van der Waals surface area contributed by atoms with Crippen molar-refractivity contribution in [2.45, 2.75) is 4.90 Å². The maximum atomic E-state index is 12.5. The van der Waals surface area contributed by atoms with Gasteiger partial charge in [-0.2, -0.15) is 0 Å². The second-order valence-electron chi connectivity index (χ2n) is 6.65. The summed E-state index contributed by atoms with van der Waals surface area (Å²) in [4.78, 5) is 13.7. The summed E-state index contributed by atoms with van der Waals surface area (Å²) >= 11 is 8.78. The van der Waals surface area contributed by atoms with Crippen molar-refractivity contribution in [1.82, 2.24) is 15.0 Å². The fourth-order valence-electron chi connectivity index (χ4n) is 3.11. The smallest absolute Gasteiger partial charge is 0.263 e. The van der Waals surface area contributed by atoms with Crippen LogP contribution in [-0.4, -0.2) is 23.4 Å². The van der Waals surface area contributed by atoms with Crippen molar-refractivity contribution in [3.8, 4) is 11.1 Å². The molecule has 2 N–H and O–H groups in total. The summed E-state index contributed by atoms with van der Waals surface area (Å²) in [6.07, 6.45) is 3.05. The van der Waals surface area contributed by atoms with Crippen molar-refractivity contribution in [2.24, 2.45) is 0 Å². The number of sulfonamides is 1. The van der Waals surface area contributed by atoms with E-state index in [-0.39, 0.29) is 4.90 Å². The fourth-order valence-corrected chi connectivity index (χ4v) is 5.94. The summed E-state index contributed by atoms with van der Waals surface area (Å²) in [5, 5.41) is 8.90. The second-order valence-corrected chi connectivity index (χ2v) is 10.5. The van der Waals surface area contributed by atoms with Gasteiger partial charge in [-0.1, -0.05) is 23.7 Å². The van der Waals surface area contributed by atoms with Crippen LogP contribution in [0, 0.1) is 0 Å². The number of fused-ring (bicyclic) bond motifs is 1. The summed E-state index contributed by atoms with van der Waals surface area (Å²) in [6.45, 7) is 0. The SMILES string of the molecule is O=S(=O)(Nc1nccs1)c1ccc(Nc2ncnc3scc(-c4ccc(Cl)cc4)c23)cc1. The average molecular weight is 500 g/mol. The van der Waals surface area contributed by atoms with Crippen molar-refractivity contribution in [3.63, 3.8) is 0 Å². The highest BCUT2D eigenvalue weighted by atomic mass is 35.5. The van der Waals surface area contributed by atoms with E-state index in [1.165, 1.54) is 41.1 Å². The molecule has 0 saturated carbocycles. The number of benzene rings is 2. The highest BCUT2D eigenvalue weighted by Gasteiger charge is 2.16.